The zero-order chi connectivity index (χ0) is 13.5. The fraction of sp³-hybridized carbons (Fsp3) is 0.571. The number of benzene rings is 1. The second kappa shape index (κ2) is 7.44. The highest BCUT2D eigenvalue weighted by molar-refractivity contribution is 5.21. The summed E-state index contributed by atoms with van der Waals surface area (Å²) in [4.78, 5) is 0. The first kappa shape index (κ1) is 15.1. The average molecular weight is 257 g/mol. The molecule has 1 rings (SSSR count). The highest BCUT2D eigenvalue weighted by atomic mass is 19.1. The molecule has 0 aliphatic heterocycles. The third-order valence-corrected chi connectivity index (χ3v) is 2.65. The number of halogens is 2. The Bertz CT molecular complexity index is 369. The molecule has 0 fully saturated rings. The van der Waals surface area contributed by atoms with Gasteiger partial charge >= 0.3 is 0 Å². The van der Waals surface area contributed by atoms with E-state index in [4.69, 9.17) is 4.74 Å². The second-order valence-electron chi connectivity index (χ2n) is 4.61. The molecule has 0 saturated heterocycles. The highest BCUT2D eigenvalue weighted by Gasteiger charge is 2.11. The topological polar surface area (TPSA) is 21.3 Å². The van der Waals surface area contributed by atoms with Crippen molar-refractivity contribution in [3.8, 4) is 0 Å². The number of hydrogen-bond donors (Lipinski definition) is 1. The van der Waals surface area contributed by atoms with E-state index in [-0.39, 0.29) is 18.0 Å². The molecule has 0 bridgehead atoms. The van der Waals surface area contributed by atoms with Gasteiger partial charge in [-0.2, -0.15) is 0 Å². The molecule has 0 aliphatic rings. The summed E-state index contributed by atoms with van der Waals surface area (Å²) in [6.07, 6.45) is 1.07. The summed E-state index contributed by atoms with van der Waals surface area (Å²) in [5.74, 6) is -0.793. The molecule has 1 N–H and O–H groups in total. The summed E-state index contributed by atoms with van der Waals surface area (Å²) in [5, 5.41) is 3.15. The van der Waals surface area contributed by atoms with Crippen molar-refractivity contribution >= 4 is 0 Å². The lowest BCUT2D eigenvalue weighted by Crippen LogP contribution is -2.22. The van der Waals surface area contributed by atoms with Crippen molar-refractivity contribution in [2.24, 2.45) is 0 Å². The number of rotatable bonds is 7. The van der Waals surface area contributed by atoms with Gasteiger partial charge in [-0.25, -0.2) is 8.78 Å². The van der Waals surface area contributed by atoms with Crippen LogP contribution in [0.3, 0.4) is 0 Å². The molecule has 0 saturated carbocycles. The van der Waals surface area contributed by atoms with Gasteiger partial charge in [-0.05, 0) is 51.9 Å². The van der Waals surface area contributed by atoms with Crippen LogP contribution in [-0.2, 0) is 4.74 Å². The molecule has 0 spiro atoms. The van der Waals surface area contributed by atoms with E-state index in [9.17, 15) is 8.78 Å². The number of hydrogen-bond acceptors (Lipinski definition) is 2. The third kappa shape index (κ3) is 5.10. The minimum Gasteiger partial charge on any atom is -0.379 e. The first-order chi connectivity index (χ1) is 8.50. The first-order valence-corrected chi connectivity index (χ1v) is 6.30. The Morgan fingerprint density at radius 1 is 1.22 bits per heavy atom. The monoisotopic (exact) mass is 257 g/mol. The van der Waals surface area contributed by atoms with Gasteiger partial charge in [-0.3, -0.25) is 0 Å². The lowest BCUT2D eigenvalue weighted by Gasteiger charge is -2.15. The largest absolute Gasteiger partial charge is 0.379 e. The van der Waals surface area contributed by atoms with Crippen LogP contribution in [0.4, 0.5) is 8.78 Å². The molecular weight excluding hydrogens is 236 g/mol. The van der Waals surface area contributed by atoms with E-state index in [2.05, 4.69) is 5.32 Å². The summed E-state index contributed by atoms with van der Waals surface area (Å²) in [6.45, 7) is 7.17. The Morgan fingerprint density at radius 3 is 2.61 bits per heavy atom. The SMILES string of the molecule is CC(C)OCCCNC(C)c1cc(F)ccc1F. The lowest BCUT2D eigenvalue weighted by molar-refractivity contribution is 0.0767. The van der Waals surface area contributed by atoms with Crippen LogP contribution < -0.4 is 5.32 Å². The van der Waals surface area contributed by atoms with E-state index < -0.39 is 5.82 Å². The van der Waals surface area contributed by atoms with Crippen LogP contribution in [0.2, 0.25) is 0 Å². The number of ether oxygens (including phenoxy) is 1. The van der Waals surface area contributed by atoms with Crippen molar-refractivity contribution < 1.29 is 13.5 Å². The van der Waals surface area contributed by atoms with E-state index in [0.29, 0.717) is 18.7 Å². The summed E-state index contributed by atoms with van der Waals surface area (Å²) in [6, 6.07) is 3.31. The van der Waals surface area contributed by atoms with Crippen molar-refractivity contribution in [3.63, 3.8) is 0 Å². The van der Waals surface area contributed by atoms with Crippen LogP contribution in [0.25, 0.3) is 0 Å². The minimum absolute atomic E-state index is 0.209. The molecular formula is C14H21F2NO. The van der Waals surface area contributed by atoms with Crippen molar-refractivity contribution in [1.29, 1.82) is 0 Å². The molecule has 1 unspecified atom stereocenters. The van der Waals surface area contributed by atoms with Gasteiger partial charge in [0.2, 0.25) is 0 Å². The van der Waals surface area contributed by atoms with E-state index in [1.807, 2.05) is 20.8 Å². The molecule has 0 heterocycles. The highest BCUT2D eigenvalue weighted by Crippen LogP contribution is 2.17. The smallest absolute Gasteiger partial charge is 0.128 e. The summed E-state index contributed by atoms with van der Waals surface area (Å²) in [5.41, 5.74) is 0.361. The summed E-state index contributed by atoms with van der Waals surface area (Å²) in [7, 11) is 0. The molecule has 2 nitrogen and oxygen atoms in total. The van der Waals surface area contributed by atoms with Crippen LogP contribution in [0.5, 0.6) is 0 Å². The molecule has 0 aliphatic carbocycles. The van der Waals surface area contributed by atoms with E-state index in [0.717, 1.165) is 18.6 Å². The van der Waals surface area contributed by atoms with Crippen molar-refractivity contribution in [2.75, 3.05) is 13.2 Å². The van der Waals surface area contributed by atoms with Gasteiger partial charge in [-0.1, -0.05) is 0 Å². The molecule has 1 aromatic rings. The molecule has 1 atom stereocenters. The predicted octanol–water partition coefficient (Wildman–Crippen LogP) is 3.43. The normalized spacial score (nSPS) is 13.0. The standard InChI is InChI=1S/C14H21F2NO/c1-10(2)18-8-4-7-17-11(3)13-9-12(15)5-6-14(13)16/h5-6,9-11,17H,4,7-8H2,1-3H3. The van der Waals surface area contributed by atoms with E-state index >= 15 is 0 Å². The maximum Gasteiger partial charge on any atom is 0.128 e. The van der Waals surface area contributed by atoms with Crippen molar-refractivity contribution in [1.82, 2.24) is 5.32 Å². The fourth-order valence-electron chi connectivity index (χ4n) is 1.67. The van der Waals surface area contributed by atoms with Crippen LogP contribution in [-0.4, -0.2) is 19.3 Å². The predicted molar refractivity (Wildman–Crippen MR) is 68.5 cm³/mol. The van der Waals surface area contributed by atoms with Gasteiger partial charge < -0.3 is 10.1 Å². The van der Waals surface area contributed by atoms with Gasteiger partial charge in [0, 0.05) is 18.2 Å². The average Bonchev–Trinajstić information content (AvgIpc) is 2.31. The maximum atomic E-state index is 13.5. The zero-order valence-electron chi connectivity index (χ0n) is 11.2. The van der Waals surface area contributed by atoms with Crippen LogP contribution in [0.1, 0.15) is 38.8 Å². The fourth-order valence-corrected chi connectivity index (χ4v) is 1.67. The molecule has 0 amide bonds. The number of nitrogens with one attached hydrogen (secondary N) is 1. The minimum atomic E-state index is -0.414. The van der Waals surface area contributed by atoms with Gasteiger partial charge in [0.05, 0.1) is 6.10 Å². The van der Waals surface area contributed by atoms with Gasteiger partial charge in [-0.15, -0.1) is 0 Å². The lowest BCUT2D eigenvalue weighted by atomic mass is 10.1. The van der Waals surface area contributed by atoms with Crippen LogP contribution in [0, 0.1) is 11.6 Å². The zero-order valence-corrected chi connectivity index (χ0v) is 11.2. The van der Waals surface area contributed by atoms with E-state index in [1.54, 1.807) is 0 Å². The van der Waals surface area contributed by atoms with E-state index in [1.165, 1.54) is 6.07 Å². The Kier molecular flexibility index (Phi) is 6.22. The molecule has 1 aromatic carbocycles. The molecule has 18 heavy (non-hydrogen) atoms. The molecule has 0 aromatic heterocycles. The Labute approximate surface area is 107 Å². The van der Waals surface area contributed by atoms with Crippen molar-refractivity contribution in [3.05, 3.63) is 35.4 Å². The second-order valence-corrected chi connectivity index (χ2v) is 4.61. The Balaban J connectivity index is 2.36. The van der Waals surface area contributed by atoms with Gasteiger partial charge in [0.15, 0.2) is 0 Å². The van der Waals surface area contributed by atoms with Crippen LogP contribution >= 0.6 is 0 Å². The van der Waals surface area contributed by atoms with Gasteiger partial charge in [0.1, 0.15) is 11.6 Å². The first-order valence-electron chi connectivity index (χ1n) is 6.30. The Hall–Kier alpha value is -1.00. The van der Waals surface area contributed by atoms with Gasteiger partial charge in [0.25, 0.3) is 0 Å². The van der Waals surface area contributed by atoms with Crippen LogP contribution in [0.15, 0.2) is 18.2 Å². The molecule has 102 valence electrons. The summed E-state index contributed by atoms with van der Waals surface area (Å²) >= 11 is 0. The molecule has 4 heteroatoms. The van der Waals surface area contributed by atoms with Crippen molar-refractivity contribution in [2.45, 2.75) is 39.3 Å². The summed E-state index contributed by atoms with van der Waals surface area (Å²) < 4.78 is 31.9. The third-order valence-electron chi connectivity index (χ3n) is 2.65. The molecule has 0 radical (unpaired) electrons. The Morgan fingerprint density at radius 2 is 1.94 bits per heavy atom. The quantitative estimate of drug-likeness (QED) is 0.756. The maximum absolute atomic E-state index is 13.5.